The average Bonchev–Trinajstić information content (AvgIpc) is 2.39. The zero-order valence-corrected chi connectivity index (χ0v) is 12.3. The number of aryl methyl sites for hydroxylation is 2. The van der Waals surface area contributed by atoms with Crippen LogP contribution in [0.1, 0.15) is 46.3 Å². The molecule has 0 saturated carbocycles. The summed E-state index contributed by atoms with van der Waals surface area (Å²) in [4.78, 5) is 12.4. The predicted molar refractivity (Wildman–Crippen MR) is 84.1 cm³/mol. The molecule has 2 nitrogen and oxygen atoms in total. The van der Waals surface area contributed by atoms with E-state index in [9.17, 15) is 4.79 Å². The zero-order chi connectivity index (χ0) is 14.7. The summed E-state index contributed by atoms with van der Waals surface area (Å²) in [6, 6.07) is 13.7. The fourth-order valence-corrected chi connectivity index (χ4v) is 2.46. The number of nitrogens with two attached hydrogens (primary N) is 1. The number of anilines is 1. The number of hydrogen-bond donors (Lipinski definition) is 1. The minimum atomic E-state index is 0.198. The number of carbonyl (C=O) groups excluding carboxylic acids is 1. The molecular weight excluding hydrogens is 246 g/mol. The number of ketones is 1. The zero-order valence-electron chi connectivity index (χ0n) is 12.3. The smallest absolute Gasteiger partial charge is 0.163 e. The van der Waals surface area contributed by atoms with Crippen molar-refractivity contribution < 1.29 is 4.79 Å². The third-order valence-electron chi connectivity index (χ3n) is 3.68. The highest BCUT2D eigenvalue weighted by molar-refractivity contribution is 5.97. The number of hydrogen-bond acceptors (Lipinski definition) is 2. The Morgan fingerprint density at radius 1 is 1.10 bits per heavy atom. The quantitative estimate of drug-likeness (QED) is 0.664. The van der Waals surface area contributed by atoms with Gasteiger partial charge in [-0.05, 0) is 43.0 Å². The first-order valence-corrected chi connectivity index (χ1v) is 6.93. The first kappa shape index (κ1) is 14.3. The summed E-state index contributed by atoms with van der Waals surface area (Å²) in [5.41, 5.74) is 10.7. The molecule has 0 amide bonds. The van der Waals surface area contributed by atoms with E-state index in [0.717, 1.165) is 22.4 Å². The van der Waals surface area contributed by atoms with Crippen LogP contribution < -0.4 is 5.73 Å². The Labute approximate surface area is 120 Å². The van der Waals surface area contributed by atoms with E-state index in [1.54, 1.807) is 0 Å². The molecule has 2 rings (SSSR count). The number of benzene rings is 2. The molecule has 0 aromatic heterocycles. The molecule has 1 unspecified atom stereocenters. The first-order chi connectivity index (χ1) is 9.47. The standard InChI is InChI=1S/C18H21NO/c1-12-4-9-17(14(3)10-12)18(20)11-13(2)15-5-7-16(19)8-6-15/h4-10,13H,11,19H2,1-3H3. The number of nitrogen functional groups attached to an aromatic ring is 1. The Morgan fingerprint density at radius 2 is 1.75 bits per heavy atom. The van der Waals surface area contributed by atoms with Crippen LogP contribution in [0.2, 0.25) is 0 Å². The molecule has 0 saturated heterocycles. The van der Waals surface area contributed by atoms with Gasteiger partial charge in [0.05, 0.1) is 0 Å². The summed E-state index contributed by atoms with van der Waals surface area (Å²) in [6.07, 6.45) is 0.522. The largest absolute Gasteiger partial charge is 0.399 e. The molecule has 0 bridgehead atoms. The summed E-state index contributed by atoms with van der Waals surface area (Å²) >= 11 is 0. The molecule has 2 N–H and O–H groups in total. The van der Waals surface area contributed by atoms with Gasteiger partial charge in [0.15, 0.2) is 5.78 Å². The second-order valence-electron chi connectivity index (χ2n) is 5.51. The van der Waals surface area contributed by atoms with Gasteiger partial charge >= 0.3 is 0 Å². The maximum Gasteiger partial charge on any atom is 0.163 e. The van der Waals surface area contributed by atoms with Crippen molar-refractivity contribution in [1.82, 2.24) is 0 Å². The van der Waals surface area contributed by atoms with Gasteiger partial charge in [-0.25, -0.2) is 0 Å². The maximum atomic E-state index is 12.4. The monoisotopic (exact) mass is 267 g/mol. The highest BCUT2D eigenvalue weighted by Gasteiger charge is 2.14. The van der Waals surface area contributed by atoms with Crippen LogP contribution in [0.4, 0.5) is 5.69 Å². The molecule has 20 heavy (non-hydrogen) atoms. The van der Waals surface area contributed by atoms with Crippen LogP contribution in [0.15, 0.2) is 42.5 Å². The van der Waals surface area contributed by atoms with E-state index in [2.05, 4.69) is 13.0 Å². The molecule has 0 radical (unpaired) electrons. The highest BCUT2D eigenvalue weighted by Crippen LogP contribution is 2.23. The molecule has 2 aromatic carbocycles. The summed E-state index contributed by atoms with van der Waals surface area (Å²) in [6.45, 7) is 6.11. The van der Waals surface area contributed by atoms with Gasteiger partial charge in [0.1, 0.15) is 0 Å². The van der Waals surface area contributed by atoms with E-state index in [4.69, 9.17) is 5.73 Å². The fraction of sp³-hybridized carbons (Fsp3) is 0.278. The van der Waals surface area contributed by atoms with Crippen molar-refractivity contribution in [3.63, 3.8) is 0 Å². The third kappa shape index (κ3) is 3.27. The second-order valence-corrected chi connectivity index (χ2v) is 5.51. The molecule has 0 aliphatic heterocycles. The van der Waals surface area contributed by atoms with Gasteiger partial charge in [-0.2, -0.15) is 0 Å². The van der Waals surface area contributed by atoms with Crippen LogP contribution in [-0.2, 0) is 0 Å². The van der Waals surface area contributed by atoms with E-state index < -0.39 is 0 Å². The van der Waals surface area contributed by atoms with Gasteiger partial charge < -0.3 is 5.73 Å². The third-order valence-corrected chi connectivity index (χ3v) is 3.68. The van der Waals surface area contributed by atoms with Crippen LogP contribution in [0, 0.1) is 13.8 Å². The van der Waals surface area contributed by atoms with Crippen molar-refractivity contribution in [2.45, 2.75) is 33.1 Å². The normalized spacial score (nSPS) is 12.2. The van der Waals surface area contributed by atoms with Crippen molar-refractivity contribution in [3.8, 4) is 0 Å². The van der Waals surface area contributed by atoms with Crippen molar-refractivity contribution in [2.75, 3.05) is 5.73 Å². The average molecular weight is 267 g/mol. The van der Waals surface area contributed by atoms with Gasteiger partial charge in [-0.3, -0.25) is 4.79 Å². The molecule has 0 aliphatic rings. The van der Waals surface area contributed by atoms with Crippen molar-refractivity contribution in [1.29, 1.82) is 0 Å². The molecule has 0 fully saturated rings. The molecule has 0 aliphatic carbocycles. The van der Waals surface area contributed by atoms with Gasteiger partial charge in [-0.1, -0.05) is 42.8 Å². The Kier molecular flexibility index (Phi) is 4.23. The maximum absolute atomic E-state index is 12.4. The topological polar surface area (TPSA) is 43.1 Å². The van der Waals surface area contributed by atoms with E-state index in [0.29, 0.717) is 6.42 Å². The van der Waals surface area contributed by atoms with Crippen LogP contribution in [0.3, 0.4) is 0 Å². The van der Waals surface area contributed by atoms with E-state index in [-0.39, 0.29) is 11.7 Å². The summed E-state index contributed by atoms with van der Waals surface area (Å²) in [7, 11) is 0. The number of carbonyl (C=O) groups is 1. The Bertz CT molecular complexity index is 614. The molecule has 104 valence electrons. The predicted octanol–water partition coefficient (Wildman–Crippen LogP) is 4.26. The summed E-state index contributed by atoms with van der Waals surface area (Å²) in [5.74, 6) is 0.399. The Morgan fingerprint density at radius 3 is 2.35 bits per heavy atom. The van der Waals surface area contributed by atoms with Crippen LogP contribution in [-0.4, -0.2) is 5.78 Å². The van der Waals surface area contributed by atoms with Gasteiger partial charge in [0, 0.05) is 17.7 Å². The lowest BCUT2D eigenvalue weighted by molar-refractivity contribution is 0.0975. The van der Waals surface area contributed by atoms with Crippen LogP contribution in [0.25, 0.3) is 0 Å². The van der Waals surface area contributed by atoms with Gasteiger partial charge in [0.25, 0.3) is 0 Å². The first-order valence-electron chi connectivity index (χ1n) is 6.93. The van der Waals surface area contributed by atoms with Crippen LogP contribution in [0.5, 0.6) is 0 Å². The minimum Gasteiger partial charge on any atom is -0.399 e. The number of Topliss-reactive ketones (excluding diaryl/α,β-unsaturated/α-hetero) is 1. The molecular formula is C18H21NO. The van der Waals surface area contributed by atoms with Crippen LogP contribution >= 0.6 is 0 Å². The molecule has 2 aromatic rings. The lowest BCUT2D eigenvalue weighted by Crippen LogP contribution is -2.07. The molecule has 2 heteroatoms. The van der Waals surface area contributed by atoms with Crippen molar-refractivity contribution in [3.05, 3.63) is 64.7 Å². The van der Waals surface area contributed by atoms with E-state index in [1.807, 2.05) is 50.2 Å². The van der Waals surface area contributed by atoms with E-state index >= 15 is 0 Å². The highest BCUT2D eigenvalue weighted by atomic mass is 16.1. The molecule has 0 heterocycles. The Hall–Kier alpha value is -2.09. The Balaban J connectivity index is 2.13. The summed E-state index contributed by atoms with van der Waals surface area (Å²) in [5, 5.41) is 0. The SMILES string of the molecule is Cc1ccc(C(=O)CC(C)c2ccc(N)cc2)c(C)c1. The summed E-state index contributed by atoms with van der Waals surface area (Å²) < 4.78 is 0. The lowest BCUT2D eigenvalue weighted by Gasteiger charge is -2.13. The fourth-order valence-electron chi connectivity index (χ4n) is 2.46. The van der Waals surface area contributed by atoms with Crippen molar-refractivity contribution >= 4 is 11.5 Å². The minimum absolute atomic E-state index is 0.198. The lowest BCUT2D eigenvalue weighted by atomic mass is 9.91. The van der Waals surface area contributed by atoms with Gasteiger partial charge in [0.2, 0.25) is 0 Å². The van der Waals surface area contributed by atoms with E-state index in [1.165, 1.54) is 5.56 Å². The van der Waals surface area contributed by atoms with Crippen molar-refractivity contribution in [2.24, 2.45) is 0 Å². The second kappa shape index (κ2) is 5.91. The van der Waals surface area contributed by atoms with Gasteiger partial charge in [-0.15, -0.1) is 0 Å². The molecule has 0 spiro atoms. The molecule has 1 atom stereocenters. The number of rotatable bonds is 4.